The first kappa shape index (κ1) is 14.4. The van der Waals surface area contributed by atoms with Crippen molar-refractivity contribution in [1.82, 2.24) is 0 Å². The topological polar surface area (TPSA) is 0 Å². The molecule has 8 heteroatoms. The van der Waals surface area contributed by atoms with Gasteiger partial charge in [0, 0.05) is 18.2 Å². The number of benzene rings is 2. The standard InChI is InChI=1S/C12H3BF7/c14-4-1-5(15)9(6(16)2-4)13-10-7(17)3-8(18)11(19)12(10)20/h1-3H. The molecule has 0 saturated carbocycles. The molecule has 0 spiro atoms. The lowest BCUT2D eigenvalue weighted by atomic mass is 9.63. The maximum Gasteiger partial charge on any atom is 0.207 e. The lowest BCUT2D eigenvalue weighted by molar-refractivity contribution is 0.440. The van der Waals surface area contributed by atoms with Crippen molar-refractivity contribution in [2.45, 2.75) is 0 Å². The summed E-state index contributed by atoms with van der Waals surface area (Å²) in [6.07, 6.45) is 0. The molecule has 0 bridgehead atoms. The zero-order valence-corrected chi connectivity index (χ0v) is 9.46. The molecule has 0 amide bonds. The number of hydrogen-bond acceptors (Lipinski definition) is 0. The van der Waals surface area contributed by atoms with Crippen molar-refractivity contribution >= 4 is 18.2 Å². The van der Waals surface area contributed by atoms with E-state index in [2.05, 4.69) is 0 Å². The van der Waals surface area contributed by atoms with Crippen LogP contribution in [0.25, 0.3) is 0 Å². The highest BCUT2D eigenvalue weighted by Crippen LogP contribution is 2.11. The third kappa shape index (κ3) is 2.50. The van der Waals surface area contributed by atoms with E-state index < -0.39 is 51.6 Å². The highest BCUT2D eigenvalue weighted by molar-refractivity contribution is 6.67. The third-order valence-corrected chi connectivity index (χ3v) is 2.48. The van der Waals surface area contributed by atoms with Crippen LogP contribution in [0.1, 0.15) is 0 Å². The first-order valence-corrected chi connectivity index (χ1v) is 5.13. The Bertz CT molecular complexity index is 661. The average molecular weight is 291 g/mol. The van der Waals surface area contributed by atoms with Gasteiger partial charge in [-0.3, -0.25) is 0 Å². The summed E-state index contributed by atoms with van der Waals surface area (Å²) in [6, 6.07) is 0.596. The maximum atomic E-state index is 13.3. The largest absolute Gasteiger partial charge is 0.207 e. The first-order chi connectivity index (χ1) is 9.31. The predicted octanol–water partition coefficient (Wildman–Crippen LogP) is 2.32. The van der Waals surface area contributed by atoms with E-state index in [0.717, 1.165) is 0 Å². The number of hydrogen-bond donors (Lipinski definition) is 0. The van der Waals surface area contributed by atoms with Crippen LogP contribution in [0.2, 0.25) is 0 Å². The lowest BCUT2D eigenvalue weighted by Crippen LogP contribution is -2.37. The quantitative estimate of drug-likeness (QED) is 0.345. The van der Waals surface area contributed by atoms with Crippen LogP contribution in [0.5, 0.6) is 0 Å². The van der Waals surface area contributed by atoms with Crippen LogP contribution in [0, 0.1) is 40.7 Å². The molecule has 0 saturated heterocycles. The Balaban J connectivity index is 2.54. The zero-order valence-electron chi connectivity index (χ0n) is 9.46. The van der Waals surface area contributed by atoms with Gasteiger partial charge < -0.3 is 0 Å². The molecule has 0 aromatic heterocycles. The van der Waals surface area contributed by atoms with Crippen molar-refractivity contribution in [1.29, 1.82) is 0 Å². The summed E-state index contributed by atoms with van der Waals surface area (Å²) in [5, 5.41) is 0. The van der Waals surface area contributed by atoms with Gasteiger partial charge in [0.25, 0.3) is 0 Å². The summed E-state index contributed by atoms with van der Waals surface area (Å²) in [5.74, 6) is -11.4. The SMILES string of the molecule is Fc1cc(F)c([B]c2c(F)cc(F)c(F)c2F)c(F)c1. The van der Waals surface area contributed by atoms with Gasteiger partial charge >= 0.3 is 0 Å². The second kappa shape index (κ2) is 5.18. The van der Waals surface area contributed by atoms with Crippen molar-refractivity contribution in [3.05, 3.63) is 58.9 Å². The van der Waals surface area contributed by atoms with E-state index in [0.29, 0.717) is 0 Å². The van der Waals surface area contributed by atoms with Crippen LogP contribution in [0.4, 0.5) is 30.7 Å². The Hall–Kier alpha value is -1.99. The number of rotatable bonds is 2. The van der Waals surface area contributed by atoms with Gasteiger partial charge in [0.15, 0.2) is 17.5 Å². The van der Waals surface area contributed by atoms with E-state index >= 15 is 0 Å². The first-order valence-electron chi connectivity index (χ1n) is 5.13. The van der Waals surface area contributed by atoms with Crippen LogP contribution in [0.15, 0.2) is 18.2 Å². The molecule has 20 heavy (non-hydrogen) atoms. The minimum Gasteiger partial charge on any atom is -0.207 e. The molecule has 2 aromatic rings. The summed E-state index contributed by atoms with van der Waals surface area (Å²) >= 11 is 0. The fourth-order valence-electron chi connectivity index (χ4n) is 1.55. The predicted molar refractivity (Wildman–Crippen MR) is 57.6 cm³/mol. The fourth-order valence-corrected chi connectivity index (χ4v) is 1.55. The maximum absolute atomic E-state index is 13.3. The van der Waals surface area contributed by atoms with Crippen LogP contribution >= 0.6 is 0 Å². The van der Waals surface area contributed by atoms with Gasteiger partial charge in [0.05, 0.1) is 0 Å². The van der Waals surface area contributed by atoms with Gasteiger partial charge in [0.1, 0.15) is 23.3 Å². The second-order valence-electron chi connectivity index (χ2n) is 3.81. The molecule has 0 aliphatic carbocycles. The Kier molecular flexibility index (Phi) is 3.74. The monoisotopic (exact) mass is 291 g/mol. The van der Waals surface area contributed by atoms with E-state index in [1.807, 2.05) is 0 Å². The summed E-state index contributed by atoms with van der Waals surface area (Å²) in [4.78, 5) is 0. The van der Waals surface area contributed by atoms with Gasteiger partial charge in [-0.15, -0.1) is 0 Å². The van der Waals surface area contributed by atoms with E-state index in [1.54, 1.807) is 0 Å². The van der Waals surface area contributed by atoms with E-state index in [4.69, 9.17) is 0 Å². The molecule has 0 heterocycles. The highest BCUT2D eigenvalue weighted by Gasteiger charge is 2.23. The van der Waals surface area contributed by atoms with Crippen molar-refractivity contribution in [2.24, 2.45) is 0 Å². The molecule has 1 radical (unpaired) electrons. The normalized spacial score (nSPS) is 10.8. The van der Waals surface area contributed by atoms with Crippen LogP contribution in [0.3, 0.4) is 0 Å². The second-order valence-corrected chi connectivity index (χ2v) is 3.81. The smallest absolute Gasteiger partial charge is 0.207 e. The van der Waals surface area contributed by atoms with E-state index in [-0.39, 0.29) is 25.5 Å². The summed E-state index contributed by atoms with van der Waals surface area (Å²) in [5.41, 5.74) is -2.15. The summed E-state index contributed by atoms with van der Waals surface area (Å²) < 4.78 is 91.6. The van der Waals surface area contributed by atoms with Crippen molar-refractivity contribution in [2.75, 3.05) is 0 Å². The molecular formula is C12H3BF7. The van der Waals surface area contributed by atoms with Gasteiger partial charge in [-0.1, -0.05) is 0 Å². The van der Waals surface area contributed by atoms with E-state index in [9.17, 15) is 30.7 Å². The lowest BCUT2D eigenvalue weighted by Gasteiger charge is -2.08. The van der Waals surface area contributed by atoms with Gasteiger partial charge in [-0.05, 0) is 10.9 Å². The van der Waals surface area contributed by atoms with Crippen LogP contribution in [-0.4, -0.2) is 7.28 Å². The Morgan fingerprint density at radius 1 is 0.550 bits per heavy atom. The van der Waals surface area contributed by atoms with Gasteiger partial charge in [-0.25, -0.2) is 30.7 Å². The molecule has 0 nitrogen and oxygen atoms in total. The fraction of sp³-hybridized carbons (Fsp3) is 0. The Morgan fingerprint density at radius 2 is 1.05 bits per heavy atom. The molecule has 0 aliphatic rings. The minimum atomic E-state index is -1.99. The number of halogens is 7. The third-order valence-electron chi connectivity index (χ3n) is 2.48. The van der Waals surface area contributed by atoms with Gasteiger partial charge in [0.2, 0.25) is 7.28 Å². The highest BCUT2D eigenvalue weighted by atomic mass is 19.2. The molecular weight excluding hydrogens is 288 g/mol. The minimum absolute atomic E-state index is 0.0313. The molecule has 0 aliphatic heterocycles. The molecule has 0 N–H and O–H groups in total. The average Bonchev–Trinajstić information content (AvgIpc) is 2.34. The zero-order chi connectivity index (χ0) is 15.0. The van der Waals surface area contributed by atoms with E-state index in [1.165, 1.54) is 0 Å². The molecule has 0 atom stereocenters. The van der Waals surface area contributed by atoms with Crippen LogP contribution in [-0.2, 0) is 0 Å². The molecule has 2 rings (SSSR count). The van der Waals surface area contributed by atoms with Gasteiger partial charge in [-0.2, -0.15) is 0 Å². The van der Waals surface area contributed by atoms with Crippen molar-refractivity contribution in [3.8, 4) is 0 Å². The van der Waals surface area contributed by atoms with Crippen molar-refractivity contribution in [3.63, 3.8) is 0 Å². The molecule has 0 fully saturated rings. The van der Waals surface area contributed by atoms with Crippen molar-refractivity contribution < 1.29 is 30.7 Å². The summed E-state index contributed by atoms with van der Waals surface area (Å²) in [6.45, 7) is 0. The Labute approximate surface area is 109 Å². The Morgan fingerprint density at radius 3 is 1.60 bits per heavy atom. The molecule has 103 valence electrons. The molecule has 0 unspecified atom stereocenters. The molecule has 2 aromatic carbocycles. The van der Waals surface area contributed by atoms with Crippen LogP contribution < -0.4 is 10.9 Å². The summed E-state index contributed by atoms with van der Waals surface area (Å²) in [7, 11) is 0.289.